The molecule has 0 aliphatic carbocycles. The quantitative estimate of drug-likeness (QED) is 0.297. The summed E-state index contributed by atoms with van der Waals surface area (Å²) >= 11 is 1.09. The average molecular weight is 284 g/mol. The Morgan fingerprint density at radius 1 is 1.32 bits per heavy atom. The third kappa shape index (κ3) is 5.36. The van der Waals surface area contributed by atoms with Crippen LogP contribution >= 0.6 is 11.8 Å². The van der Waals surface area contributed by atoms with Gasteiger partial charge in [0.1, 0.15) is 0 Å². The third-order valence-electron chi connectivity index (χ3n) is 1.97. The van der Waals surface area contributed by atoms with Gasteiger partial charge in [0.05, 0.1) is 16.4 Å². The zero-order chi connectivity index (χ0) is 14.3. The van der Waals surface area contributed by atoms with Crippen molar-refractivity contribution < 1.29 is 14.5 Å². The lowest BCUT2D eigenvalue weighted by Gasteiger charge is -2.04. The predicted octanol–water partition coefficient (Wildman–Crippen LogP) is 0.256. The van der Waals surface area contributed by atoms with Crippen LogP contribution in [0.15, 0.2) is 24.3 Å². The van der Waals surface area contributed by atoms with E-state index in [-0.39, 0.29) is 29.0 Å². The second kappa shape index (κ2) is 7.34. The van der Waals surface area contributed by atoms with E-state index < -0.39 is 4.92 Å². The Bertz CT molecular complexity index is 494. The topological polar surface area (TPSA) is 127 Å². The highest BCUT2D eigenvalue weighted by Crippen LogP contribution is 2.17. The summed E-state index contributed by atoms with van der Waals surface area (Å²) in [7, 11) is 0. The van der Waals surface area contributed by atoms with Crippen molar-refractivity contribution in [2.24, 2.45) is 5.84 Å². The van der Waals surface area contributed by atoms with Crippen LogP contribution in [0.3, 0.4) is 0 Å². The van der Waals surface area contributed by atoms with Crippen molar-refractivity contribution in [2.75, 3.05) is 16.8 Å². The number of anilines is 1. The van der Waals surface area contributed by atoms with E-state index >= 15 is 0 Å². The maximum absolute atomic E-state index is 11.5. The zero-order valence-electron chi connectivity index (χ0n) is 9.79. The van der Waals surface area contributed by atoms with E-state index in [4.69, 9.17) is 5.84 Å². The molecule has 0 saturated carbocycles. The summed E-state index contributed by atoms with van der Waals surface area (Å²) in [6.07, 6.45) is 0. The Labute approximate surface area is 112 Å². The first-order valence-corrected chi connectivity index (χ1v) is 6.30. The molecule has 0 heterocycles. The van der Waals surface area contributed by atoms with E-state index in [2.05, 4.69) is 5.32 Å². The number of hydrogen-bond donors (Lipinski definition) is 3. The first kappa shape index (κ1) is 14.9. The SMILES string of the molecule is NNC(=O)CSCC(=O)Nc1cccc([N+](=O)[O-])c1. The van der Waals surface area contributed by atoms with Crippen LogP contribution in [0.4, 0.5) is 11.4 Å². The molecule has 0 spiro atoms. The van der Waals surface area contributed by atoms with Crippen LogP contribution in [0.25, 0.3) is 0 Å². The summed E-state index contributed by atoms with van der Waals surface area (Å²) in [4.78, 5) is 32.3. The molecule has 0 aliphatic rings. The molecule has 0 unspecified atom stereocenters. The number of carbonyl (C=O) groups is 2. The largest absolute Gasteiger partial charge is 0.325 e. The Morgan fingerprint density at radius 3 is 2.63 bits per heavy atom. The van der Waals surface area contributed by atoms with Gasteiger partial charge >= 0.3 is 0 Å². The first-order chi connectivity index (χ1) is 9.02. The Balaban J connectivity index is 2.46. The van der Waals surface area contributed by atoms with Crippen LogP contribution in [-0.2, 0) is 9.59 Å². The van der Waals surface area contributed by atoms with Crippen molar-refractivity contribution in [3.63, 3.8) is 0 Å². The van der Waals surface area contributed by atoms with Gasteiger partial charge < -0.3 is 5.32 Å². The number of nitro benzene ring substituents is 1. The standard InChI is InChI=1S/C10H12N4O4S/c11-13-10(16)6-19-5-9(15)12-7-2-1-3-8(4-7)14(17)18/h1-4H,5-6,11H2,(H,12,15)(H,13,16). The van der Waals surface area contributed by atoms with Gasteiger partial charge in [0, 0.05) is 17.8 Å². The lowest BCUT2D eigenvalue weighted by Crippen LogP contribution is -2.32. The molecule has 0 atom stereocenters. The Morgan fingerprint density at radius 2 is 2.00 bits per heavy atom. The molecule has 2 amide bonds. The van der Waals surface area contributed by atoms with Crippen molar-refractivity contribution in [1.82, 2.24) is 5.43 Å². The van der Waals surface area contributed by atoms with Crippen LogP contribution in [0.5, 0.6) is 0 Å². The summed E-state index contributed by atoms with van der Waals surface area (Å²) in [5.41, 5.74) is 2.17. The van der Waals surface area contributed by atoms with Crippen LogP contribution in [-0.4, -0.2) is 28.2 Å². The highest BCUT2D eigenvalue weighted by molar-refractivity contribution is 8.00. The van der Waals surface area contributed by atoms with Gasteiger partial charge in [-0.1, -0.05) is 6.07 Å². The minimum absolute atomic E-state index is 0.0517. The van der Waals surface area contributed by atoms with E-state index in [1.165, 1.54) is 18.2 Å². The number of nitrogens with zero attached hydrogens (tertiary/aromatic N) is 1. The molecule has 1 rings (SSSR count). The van der Waals surface area contributed by atoms with E-state index in [1.54, 1.807) is 6.07 Å². The van der Waals surface area contributed by atoms with Gasteiger partial charge in [-0.3, -0.25) is 25.1 Å². The maximum atomic E-state index is 11.5. The number of rotatable bonds is 6. The molecule has 0 aromatic heterocycles. The van der Waals surface area contributed by atoms with Crippen LogP contribution in [0.1, 0.15) is 0 Å². The van der Waals surface area contributed by atoms with E-state index in [0.29, 0.717) is 5.69 Å². The van der Waals surface area contributed by atoms with Crippen LogP contribution < -0.4 is 16.6 Å². The van der Waals surface area contributed by atoms with Gasteiger partial charge in [0.25, 0.3) is 5.69 Å². The predicted molar refractivity (Wildman–Crippen MR) is 71.4 cm³/mol. The fourth-order valence-electron chi connectivity index (χ4n) is 1.17. The number of amides is 2. The number of nitrogens with one attached hydrogen (secondary N) is 2. The number of thioether (sulfide) groups is 1. The molecular weight excluding hydrogens is 272 g/mol. The van der Waals surface area contributed by atoms with Crippen LogP contribution in [0, 0.1) is 10.1 Å². The summed E-state index contributed by atoms with van der Waals surface area (Å²) in [6.45, 7) is 0. The molecule has 0 radical (unpaired) electrons. The number of nitrogens with two attached hydrogens (primary N) is 1. The molecule has 9 heteroatoms. The number of hydrogen-bond acceptors (Lipinski definition) is 6. The molecule has 8 nitrogen and oxygen atoms in total. The number of non-ortho nitro benzene ring substituents is 1. The van der Waals surface area contributed by atoms with Gasteiger partial charge in [0.15, 0.2) is 0 Å². The van der Waals surface area contributed by atoms with Crippen molar-refractivity contribution in [2.45, 2.75) is 0 Å². The van der Waals surface area contributed by atoms with E-state index in [9.17, 15) is 19.7 Å². The normalized spacial score (nSPS) is 9.74. The molecule has 0 fully saturated rings. The average Bonchev–Trinajstić information content (AvgIpc) is 2.38. The summed E-state index contributed by atoms with van der Waals surface area (Å²) in [6, 6.07) is 5.61. The summed E-state index contributed by atoms with van der Waals surface area (Å²) < 4.78 is 0. The number of hydrazine groups is 1. The molecular formula is C10H12N4O4S. The van der Waals surface area contributed by atoms with Gasteiger partial charge in [-0.05, 0) is 6.07 Å². The molecule has 0 aliphatic heterocycles. The number of carbonyl (C=O) groups excluding carboxylic acids is 2. The Kier molecular flexibility index (Phi) is 5.76. The molecule has 102 valence electrons. The lowest BCUT2D eigenvalue weighted by molar-refractivity contribution is -0.384. The number of nitro groups is 1. The Hall–Kier alpha value is -2.13. The monoisotopic (exact) mass is 284 g/mol. The minimum Gasteiger partial charge on any atom is -0.325 e. The van der Waals surface area contributed by atoms with Crippen molar-refractivity contribution >= 4 is 35.0 Å². The van der Waals surface area contributed by atoms with Crippen molar-refractivity contribution in [3.8, 4) is 0 Å². The summed E-state index contributed by atoms with van der Waals surface area (Å²) in [5.74, 6) is 4.27. The van der Waals surface area contributed by atoms with Gasteiger partial charge in [0.2, 0.25) is 11.8 Å². The molecule has 1 aromatic carbocycles. The van der Waals surface area contributed by atoms with Gasteiger partial charge in [-0.2, -0.15) is 0 Å². The second-order valence-corrected chi connectivity index (χ2v) is 4.40. The summed E-state index contributed by atoms with van der Waals surface area (Å²) in [5, 5.41) is 13.1. The maximum Gasteiger partial charge on any atom is 0.271 e. The highest BCUT2D eigenvalue weighted by Gasteiger charge is 2.08. The minimum atomic E-state index is -0.546. The van der Waals surface area contributed by atoms with E-state index in [1.807, 2.05) is 5.43 Å². The molecule has 19 heavy (non-hydrogen) atoms. The molecule has 4 N–H and O–H groups in total. The third-order valence-corrected chi connectivity index (χ3v) is 2.90. The highest BCUT2D eigenvalue weighted by atomic mass is 32.2. The first-order valence-electron chi connectivity index (χ1n) is 5.14. The fraction of sp³-hybridized carbons (Fsp3) is 0.200. The van der Waals surface area contributed by atoms with Gasteiger partial charge in [-0.15, -0.1) is 11.8 Å². The fourth-order valence-corrected chi connectivity index (χ4v) is 1.80. The second-order valence-electron chi connectivity index (χ2n) is 3.42. The van der Waals surface area contributed by atoms with E-state index in [0.717, 1.165) is 11.8 Å². The molecule has 0 saturated heterocycles. The number of benzene rings is 1. The lowest BCUT2D eigenvalue weighted by atomic mass is 10.3. The van der Waals surface area contributed by atoms with Crippen molar-refractivity contribution in [1.29, 1.82) is 0 Å². The zero-order valence-corrected chi connectivity index (χ0v) is 10.6. The van der Waals surface area contributed by atoms with Gasteiger partial charge in [-0.25, -0.2) is 5.84 Å². The molecule has 1 aromatic rings. The van der Waals surface area contributed by atoms with Crippen molar-refractivity contribution in [3.05, 3.63) is 34.4 Å². The smallest absolute Gasteiger partial charge is 0.271 e. The molecule has 0 bridgehead atoms. The van der Waals surface area contributed by atoms with Crippen LogP contribution in [0.2, 0.25) is 0 Å².